The average Bonchev–Trinajstić information content (AvgIpc) is 2.17. The largest absolute Gasteiger partial charge is 0.369 e. The number of amides is 1. The number of fused-ring (bicyclic) bond motifs is 1. The van der Waals surface area contributed by atoms with E-state index in [2.05, 4.69) is 31.8 Å². The van der Waals surface area contributed by atoms with Gasteiger partial charge in [0.05, 0.1) is 17.7 Å². The van der Waals surface area contributed by atoms with Gasteiger partial charge in [0, 0.05) is 0 Å². The number of hydrogen-bond acceptors (Lipinski definition) is 2. The summed E-state index contributed by atoms with van der Waals surface area (Å²) in [5.41, 5.74) is 9.60. The van der Waals surface area contributed by atoms with Gasteiger partial charge in [-0.15, -0.1) is 0 Å². The summed E-state index contributed by atoms with van der Waals surface area (Å²) in [6, 6.07) is 6.13. The van der Waals surface area contributed by atoms with E-state index in [4.69, 9.17) is 5.73 Å². The van der Waals surface area contributed by atoms with Crippen molar-refractivity contribution >= 4 is 11.6 Å². The second kappa shape index (κ2) is 3.99. The van der Waals surface area contributed by atoms with Crippen LogP contribution in [0.5, 0.6) is 0 Å². The minimum atomic E-state index is -0.325. The molecule has 0 unspecified atom stereocenters. The van der Waals surface area contributed by atoms with Gasteiger partial charge in [0.15, 0.2) is 0 Å². The van der Waals surface area contributed by atoms with Crippen molar-refractivity contribution in [2.24, 2.45) is 10.7 Å². The zero-order valence-electron chi connectivity index (χ0n) is 10.6. The first kappa shape index (κ1) is 11.8. The van der Waals surface area contributed by atoms with Crippen molar-refractivity contribution in [1.82, 2.24) is 0 Å². The molecule has 1 aromatic carbocycles. The Balaban J connectivity index is 2.54. The van der Waals surface area contributed by atoms with Crippen molar-refractivity contribution in [2.75, 3.05) is 0 Å². The topological polar surface area (TPSA) is 55.4 Å². The molecule has 0 atom stereocenters. The van der Waals surface area contributed by atoms with Crippen molar-refractivity contribution in [2.45, 2.75) is 39.2 Å². The maximum absolute atomic E-state index is 11.1. The monoisotopic (exact) mass is 230 g/mol. The van der Waals surface area contributed by atoms with Gasteiger partial charge in [-0.1, -0.05) is 18.2 Å². The lowest BCUT2D eigenvalue weighted by atomic mass is 9.84. The highest BCUT2D eigenvalue weighted by Gasteiger charge is 2.27. The molecule has 3 nitrogen and oxygen atoms in total. The van der Waals surface area contributed by atoms with Gasteiger partial charge in [0.1, 0.15) is 0 Å². The second-order valence-electron chi connectivity index (χ2n) is 5.29. The summed E-state index contributed by atoms with van der Waals surface area (Å²) >= 11 is 0. The molecule has 1 heterocycles. The van der Waals surface area contributed by atoms with Crippen molar-refractivity contribution in [3.05, 3.63) is 34.9 Å². The van der Waals surface area contributed by atoms with E-state index in [1.54, 1.807) is 0 Å². The molecular weight excluding hydrogens is 212 g/mol. The Morgan fingerprint density at radius 3 is 2.82 bits per heavy atom. The van der Waals surface area contributed by atoms with Gasteiger partial charge in [-0.3, -0.25) is 9.79 Å². The number of nitrogens with zero attached hydrogens (tertiary/aromatic N) is 1. The van der Waals surface area contributed by atoms with E-state index in [1.165, 1.54) is 11.1 Å². The Labute approximate surface area is 102 Å². The first-order valence-electron chi connectivity index (χ1n) is 5.85. The third-order valence-electron chi connectivity index (χ3n) is 3.11. The maximum Gasteiger partial charge on any atom is 0.223 e. The Hall–Kier alpha value is -1.64. The normalized spacial score (nSPS) is 17.2. The molecule has 2 N–H and O–H groups in total. The molecule has 2 rings (SSSR count). The molecule has 1 aliphatic rings. The van der Waals surface area contributed by atoms with Crippen LogP contribution < -0.4 is 5.73 Å². The minimum Gasteiger partial charge on any atom is -0.369 e. The van der Waals surface area contributed by atoms with E-state index < -0.39 is 0 Å². The Kier molecular flexibility index (Phi) is 2.77. The van der Waals surface area contributed by atoms with Gasteiger partial charge in [-0.25, -0.2) is 0 Å². The highest BCUT2D eigenvalue weighted by Crippen LogP contribution is 2.29. The van der Waals surface area contributed by atoms with Gasteiger partial charge in [-0.2, -0.15) is 0 Å². The lowest BCUT2D eigenvalue weighted by molar-refractivity contribution is -0.116. The molecule has 0 aliphatic carbocycles. The zero-order valence-corrected chi connectivity index (χ0v) is 10.6. The number of carbonyl (C=O) groups excluding carboxylic acids is 1. The second-order valence-corrected chi connectivity index (χ2v) is 5.29. The van der Waals surface area contributed by atoms with Gasteiger partial charge in [0.25, 0.3) is 0 Å². The third-order valence-corrected chi connectivity index (χ3v) is 3.11. The van der Waals surface area contributed by atoms with Crippen LogP contribution in [-0.4, -0.2) is 17.2 Å². The van der Waals surface area contributed by atoms with Crippen molar-refractivity contribution in [1.29, 1.82) is 0 Å². The fourth-order valence-corrected chi connectivity index (χ4v) is 2.40. The van der Waals surface area contributed by atoms with Gasteiger partial charge >= 0.3 is 0 Å². The van der Waals surface area contributed by atoms with E-state index in [0.717, 1.165) is 17.7 Å². The summed E-state index contributed by atoms with van der Waals surface area (Å²) in [6.07, 6.45) is 1.14. The summed E-state index contributed by atoms with van der Waals surface area (Å²) in [6.45, 7) is 6.27. The lowest BCUT2D eigenvalue weighted by Gasteiger charge is -2.30. The first-order valence-corrected chi connectivity index (χ1v) is 5.85. The molecule has 0 radical (unpaired) electrons. The lowest BCUT2D eigenvalue weighted by Crippen LogP contribution is -2.31. The fraction of sp³-hybridized carbons (Fsp3) is 0.429. The third kappa shape index (κ3) is 2.38. The Morgan fingerprint density at radius 2 is 2.18 bits per heavy atom. The molecule has 1 amide bonds. The molecule has 1 aromatic rings. The molecule has 0 saturated heterocycles. The van der Waals surface area contributed by atoms with E-state index in [1.807, 2.05) is 12.1 Å². The maximum atomic E-state index is 11.1. The van der Waals surface area contributed by atoms with Gasteiger partial charge < -0.3 is 5.73 Å². The van der Waals surface area contributed by atoms with Crippen LogP contribution in [0.4, 0.5) is 0 Å². The summed E-state index contributed by atoms with van der Waals surface area (Å²) in [7, 11) is 0. The first-order chi connectivity index (χ1) is 7.89. The highest BCUT2D eigenvalue weighted by molar-refractivity contribution is 6.11. The Morgan fingerprint density at radius 1 is 1.47 bits per heavy atom. The highest BCUT2D eigenvalue weighted by atomic mass is 16.1. The van der Waals surface area contributed by atoms with Crippen LogP contribution in [0.15, 0.2) is 23.2 Å². The van der Waals surface area contributed by atoms with Crippen LogP contribution in [-0.2, 0) is 11.2 Å². The summed E-state index contributed by atoms with van der Waals surface area (Å²) in [4.78, 5) is 15.8. The number of hydrogen-bond donors (Lipinski definition) is 1. The number of benzene rings is 1. The molecule has 3 heteroatoms. The summed E-state index contributed by atoms with van der Waals surface area (Å²) < 4.78 is 0. The molecule has 0 aromatic heterocycles. The molecule has 0 spiro atoms. The van der Waals surface area contributed by atoms with E-state index in [9.17, 15) is 4.79 Å². The van der Waals surface area contributed by atoms with Crippen molar-refractivity contribution < 1.29 is 4.79 Å². The fourth-order valence-electron chi connectivity index (χ4n) is 2.40. The number of nitrogens with two attached hydrogens (primary N) is 1. The van der Waals surface area contributed by atoms with Crippen molar-refractivity contribution in [3.63, 3.8) is 0 Å². The molecule has 0 fully saturated rings. The molecular formula is C14H18N2O. The standard InChI is InChI=1S/C14H18N2O/c1-9-5-4-6-10-11(9)8-14(2,3)16-12(10)7-13(15)17/h4-6H,7-8H2,1-3H3,(H2,15,17). The summed E-state index contributed by atoms with van der Waals surface area (Å²) in [5, 5.41) is 0. The van der Waals surface area contributed by atoms with E-state index in [0.29, 0.717) is 0 Å². The number of rotatable bonds is 2. The minimum absolute atomic E-state index is 0.149. The predicted molar refractivity (Wildman–Crippen MR) is 69.3 cm³/mol. The van der Waals surface area contributed by atoms with Crippen LogP contribution >= 0.6 is 0 Å². The van der Waals surface area contributed by atoms with Crippen LogP contribution in [0.1, 0.15) is 37.0 Å². The quantitative estimate of drug-likeness (QED) is 0.830. The summed E-state index contributed by atoms with van der Waals surface area (Å²) in [5.74, 6) is -0.325. The molecule has 17 heavy (non-hydrogen) atoms. The van der Waals surface area contributed by atoms with Crippen LogP contribution in [0, 0.1) is 6.92 Å². The number of aryl methyl sites for hydroxylation is 1. The smallest absolute Gasteiger partial charge is 0.223 e. The van der Waals surface area contributed by atoms with Gasteiger partial charge in [-0.05, 0) is 43.9 Å². The molecule has 0 saturated carbocycles. The predicted octanol–water partition coefficient (Wildman–Crippen LogP) is 1.99. The molecule has 0 bridgehead atoms. The number of aliphatic imine (C=N–C) groups is 1. The Bertz CT molecular complexity index is 501. The van der Waals surface area contributed by atoms with Gasteiger partial charge in [0.2, 0.25) is 5.91 Å². The van der Waals surface area contributed by atoms with Crippen LogP contribution in [0.2, 0.25) is 0 Å². The number of carbonyl (C=O) groups is 1. The molecule has 90 valence electrons. The zero-order chi connectivity index (χ0) is 12.6. The number of primary amides is 1. The van der Waals surface area contributed by atoms with Crippen LogP contribution in [0.25, 0.3) is 0 Å². The SMILES string of the molecule is Cc1cccc2c1CC(C)(C)N=C2CC(N)=O. The average molecular weight is 230 g/mol. The molecule has 1 aliphatic heterocycles. The van der Waals surface area contributed by atoms with E-state index >= 15 is 0 Å². The van der Waals surface area contributed by atoms with Crippen molar-refractivity contribution in [3.8, 4) is 0 Å². The van der Waals surface area contributed by atoms with E-state index in [-0.39, 0.29) is 17.9 Å². The van der Waals surface area contributed by atoms with Crippen LogP contribution in [0.3, 0.4) is 0 Å².